The fourth-order valence-corrected chi connectivity index (χ4v) is 7.35. The largest absolute Gasteiger partial charge is 0.325 e. The molecule has 0 unspecified atom stereocenters. The lowest BCUT2D eigenvalue weighted by atomic mass is 9.99. The standard InChI is InChI=1S/C34H33BrN10O3/c1-18-4-9-29(35)38-32(18)39-33(48)27-11-34(17-43-15-25(40-42-43)21-5-6-21)12-28(34)45(27)30(47)16-44-26-8-7-22(23-13-36-20(3)37-14-23)10-24(26)31(41-44)19(2)46/h4,7-10,13-15,21,27-28H,5-6,11-12,16-17H2,1-3H3,(H,38,39,48)/t27-,28+,34-/m0/s1. The van der Waals surface area contributed by atoms with Gasteiger partial charge in [-0.2, -0.15) is 5.10 Å². The summed E-state index contributed by atoms with van der Waals surface area (Å²) in [6.45, 7) is 5.60. The molecule has 1 N–H and O–H groups in total. The molecule has 1 aliphatic heterocycles. The monoisotopic (exact) mass is 708 g/mol. The van der Waals surface area contributed by atoms with Gasteiger partial charge in [0.2, 0.25) is 11.8 Å². The molecule has 13 nitrogen and oxygen atoms in total. The highest BCUT2D eigenvalue weighted by molar-refractivity contribution is 9.10. The first-order valence-corrected chi connectivity index (χ1v) is 16.8. The van der Waals surface area contributed by atoms with Crippen LogP contribution in [0.25, 0.3) is 22.0 Å². The van der Waals surface area contributed by atoms with Crippen LogP contribution in [0.3, 0.4) is 0 Å². The van der Waals surface area contributed by atoms with E-state index in [1.54, 1.807) is 22.0 Å². The quantitative estimate of drug-likeness (QED) is 0.170. The fraction of sp³-hybridized carbons (Fsp3) is 0.382. The number of aromatic nitrogens is 8. The number of halogens is 1. The zero-order chi connectivity index (χ0) is 33.3. The fourth-order valence-electron chi connectivity index (χ4n) is 7.04. The summed E-state index contributed by atoms with van der Waals surface area (Å²) >= 11 is 3.39. The van der Waals surface area contributed by atoms with Gasteiger partial charge in [-0.1, -0.05) is 17.3 Å². The number of anilines is 1. The van der Waals surface area contributed by atoms with E-state index in [4.69, 9.17) is 0 Å². The lowest BCUT2D eigenvalue weighted by Gasteiger charge is -2.27. The average molecular weight is 710 g/mol. The zero-order valence-corrected chi connectivity index (χ0v) is 28.3. The summed E-state index contributed by atoms with van der Waals surface area (Å²) < 4.78 is 4.04. The maximum atomic E-state index is 14.3. The first-order valence-electron chi connectivity index (χ1n) is 16.0. The molecule has 244 valence electrons. The van der Waals surface area contributed by atoms with Crippen molar-refractivity contribution >= 4 is 50.2 Å². The second kappa shape index (κ2) is 11.4. The zero-order valence-electron chi connectivity index (χ0n) is 26.7. The van der Waals surface area contributed by atoms with Gasteiger partial charge >= 0.3 is 0 Å². The third-order valence-electron chi connectivity index (χ3n) is 9.83. The Balaban J connectivity index is 1.10. The molecule has 1 saturated heterocycles. The molecule has 1 aromatic carbocycles. The van der Waals surface area contributed by atoms with Crippen LogP contribution in [0.1, 0.15) is 66.1 Å². The van der Waals surface area contributed by atoms with E-state index in [0.29, 0.717) is 46.0 Å². The third-order valence-corrected chi connectivity index (χ3v) is 10.3. The van der Waals surface area contributed by atoms with Crippen molar-refractivity contribution in [3.63, 3.8) is 0 Å². The topological polar surface area (TPSA) is 154 Å². The van der Waals surface area contributed by atoms with Crippen molar-refractivity contribution in [1.29, 1.82) is 0 Å². The number of rotatable bonds is 9. The number of hydrogen-bond acceptors (Lipinski definition) is 9. The van der Waals surface area contributed by atoms with Crippen LogP contribution in [0.15, 0.2) is 53.5 Å². The number of likely N-dealkylation sites (tertiary alicyclic amines) is 1. The molecule has 8 rings (SSSR count). The molecule has 3 fully saturated rings. The summed E-state index contributed by atoms with van der Waals surface area (Å²) in [6, 6.07) is 8.47. The number of pyridine rings is 1. The van der Waals surface area contributed by atoms with E-state index in [1.807, 2.05) is 55.1 Å². The SMILES string of the molecule is CC(=O)c1nn(CC(=O)N2[C@H](C(=O)Nc3nc(Br)ccc3C)C[C@@]3(Cn4cc(C5CC5)nn4)C[C@@H]23)c2ccc(-c3cnc(C)nc3)cc12. The van der Waals surface area contributed by atoms with Crippen LogP contribution >= 0.6 is 15.9 Å². The molecule has 0 radical (unpaired) electrons. The Hall–Kier alpha value is -4.85. The van der Waals surface area contributed by atoms with E-state index in [9.17, 15) is 14.4 Å². The summed E-state index contributed by atoms with van der Waals surface area (Å²) in [4.78, 5) is 55.7. The maximum absolute atomic E-state index is 14.3. The minimum Gasteiger partial charge on any atom is -0.325 e. The number of fused-ring (bicyclic) bond motifs is 2. The van der Waals surface area contributed by atoms with Crippen molar-refractivity contribution in [2.24, 2.45) is 5.41 Å². The first-order chi connectivity index (χ1) is 23.1. The summed E-state index contributed by atoms with van der Waals surface area (Å²) in [6.07, 6.45) is 9.00. The highest BCUT2D eigenvalue weighted by Crippen LogP contribution is 2.60. The van der Waals surface area contributed by atoms with E-state index in [1.165, 1.54) is 6.92 Å². The molecular weight excluding hydrogens is 676 g/mol. The number of aryl methyl sites for hydroxylation is 2. The van der Waals surface area contributed by atoms with Gasteiger partial charge < -0.3 is 10.2 Å². The van der Waals surface area contributed by atoms with E-state index >= 15 is 0 Å². The van der Waals surface area contributed by atoms with Gasteiger partial charge in [0.25, 0.3) is 0 Å². The molecule has 3 atom stereocenters. The number of carbonyl (C=O) groups is 3. The lowest BCUT2D eigenvalue weighted by Crippen LogP contribution is -2.47. The van der Waals surface area contributed by atoms with Gasteiger partial charge in [-0.3, -0.25) is 23.7 Å². The van der Waals surface area contributed by atoms with Gasteiger partial charge in [0.05, 0.1) is 17.8 Å². The van der Waals surface area contributed by atoms with Crippen molar-refractivity contribution in [2.45, 2.75) is 77.5 Å². The van der Waals surface area contributed by atoms with Gasteiger partial charge in [0.15, 0.2) is 5.78 Å². The predicted molar refractivity (Wildman–Crippen MR) is 179 cm³/mol. The van der Waals surface area contributed by atoms with Crippen molar-refractivity contribution in [1.82, 2.24) is 44.6 Å². The number of ketones is 1. The summed E-state index contributed by atoms with van der Waals surface area (Å²) in [7, 11) is 0. The molecule has 4 aromatic heterocycles. The molecule has 2 amide bonds. The average Bonchev–Trinajstić information content (AvgIpc) is 3.90. The highest BCUT2D eigenvalue weighted by Gasteiger charge is 2.67. The Morgan fingerprint density at radius 2 is 1.83 bits per heavy atom. The molecule has 48 heavy (non-hydrogen) atoms. The van der Waals surface area contributed by atoms with Crippen molar-refractivity contribution < 1.29 is 14.4 Å². The van der Waals surface area contributed by atoms with Gasteiger partial charge in [-0.05, 0) is 84.8 Å². The van der Waals surface area contributed by atoms with Crippen LogP contribution in [-0.4, -0.2) is 74.3 Å². The molecular formula is C34H33BrN10O3. The number of Topliss-reactive ketones (excluding diaryl/α,β-unsaturated/α-hetero) is 1. The Morgan fingerprint density at radius 1 is 1.04 bits per heavy atom. The number of hydrogen-bond donors (Lipinski definition) is 1. The molecule has 5 heterocycles. The Bertz CT molecular complexity index is 2120. The first kappa shape index (κ1) is 30.5. The summed E-state index contributed by atoms with van der Waals surface area (Å²) in [5.74, 6) is 0.847. The molecule has 0 spiro atoms. The third kappa shape index (κ3) is 5.47. The normalized spacial score (nSPS) is 21.4. The van der Waals surface area contributed by atoms with Gasteiger partial charge in [-0.25, -0.2) is 15.0 Å². The van der Waals surface area contributed by atoms with Crippen LogP contribution in [0.5, 0.6) is 0 Å². The van der Waals surface area contributed by atoms with Crippen LogP contribution in [0.2, 0.25) is 0 Å². The summed E-state index contributed by atoms with van der Waals surface area (Å²) in [5, 5.41) is 17.0. The van der Waals surface area contributed by atoms with Crippen LogP contribution in [-0.2, 0) is 22.7 Å². The van der Waals surface area contributed by atoms with Crippen molar-refractivity contribution in [3.05, 3.63) is 76.3 Å². The molecule has 14 heteroatoms. The van der Waals surface area contributed by atoms with E-state index in [2.05, 4.69) is 51.6 Å². The Morgan fingerprint density at radius 3 is 2.58 bits per heavy atom. The second-order valence-electron chi connectivity index (χ2n) is 13.3. The number of nitrogens with one attached hydrogen (secondary N) is 1. The van der Waals surface area contributed by atoms with Crippen molar-refractivity contribution in [2.75, 3.05) is 5.32 Å². The number of carbonyl (C=O) groups excluding carboxylic acids is 3. The number of piperidine rings is 1. The number of amides is 2. The number of benzene rings is 1. The van der Waals surface area contributed by atoms with Gasteiger partial charge in [-0.15, -0.1) is 5.10 Å². The van der Waals surface area contributed by atoms with E-state index < -0.39 is 6.04 Å². The molecule has 0 bridgehead atoms. The predicted octanol–water partition coefficient (Wildman–Crippen LogP) is 4.64. The number of nitrogens with zero attached hydrogens (tertiary/aromatic N) is 9. The van der Waals surface area contributed by atoms with Gasteiger partial charge in [0, 0.05) is 53.8 Å². The molecule has 5 aromatic rings. The highest BCUT2D eigenvalue weighted by atomic mass is 79.9. The smallest absolute Gasteiger partial charge is 0.248 e. The Labute approximate surface area is 284 Å². The summed E-state index contributed by atoms with van der Waals surface area (Å²) in [5.41, 5.74) is 4.09. The van der Waals surface area contributed by atoms with Gasteiger partial charge in [0.1, 0.15) is 34.5 Å². The van der Waals surface area contributed by atoms with Crippen LogP contribution in [0.4, 0.5) is 5.82 Å². The van der Waals surface area contributed by atoms with E-state index in [-0.39, 0.29) is 41.3 Å². The van der Waals surface area contributed by atoms with Crippen LogP contribution < -0.4 is 5.32 Å². The molecule has 2 saturated carbocycles. The maximum Gasteiger partial charge on any atom is 0.248 e. The minimum absolute atomic E-state index is 0.129. The van der Waals surface area contributed by atoms with Crippen LogP contribution in [0, 0.1) is 19.3 Å². The molecule has 2 aliphatic carbocycles. The Kier molecular flexibility index (Phi) is 7.23. The molecule has 3 aliphatic rings. The lowest BCUT2D eigenvalue weighted by molar-refractivity contribution is -0.138. The minimum atomic E-state index is -0.718. The van der Waals surface area contributed by atoms with E-state index in [0.717, 1.165) is 41.6 Å². The van der Waals surface area contributed by atoms with Crippen molar-refractivity contribution in [3.8, 4) is 11.1 Å². The second-order valence-corrected chi connectivity index (χ2v) is 14.1.